The topological polar surface area (TPSA) is 130 Å². The van der Waals surface area contributed by atoms with Gasteiger partial charge in [-0.1, -0.05) is 0 Å². The van der Waals surface area contributed by atoms with Crippen molar-refractivity contribution in [2.24, 2.45) is 5.73 Å². The third-order valence-electron chi connectivity index (χ3n) is 6.95. The molecule has 5 rings (SSSR count). The lowest BCUT2D eigenvalue weighted by molar-refractivity contribution is -0.0498. The Balaban J connectivity index is 0.00000423. The van der Waals surface area contributed by atoms with Crippen LogP contribution < -0.4 is 21.1 Å². The number of fused-ring (bicyclic) bond motifs is 1. The third-order valence-corrected chi connectivity index (χ3v) is 6.95. The lowest BCUT2D eigenvalue weighted by Crippen LogP contribution is -2.54. The monoisotopic (exact) mass is 614 g/mol. The number of benzene rings is 2. The van der Waals surface area contributed by atoms with Crippen LogP contribution in [0.25, 0.3) is 16.9 Å². The SMILES string of the molecule is Cc1cc(Nc2nccn3c(-c4ccc(OC(F)F)cc4)cnc23)ccc1C(=O)N1CCN(C(=O)NCC(C)N)CC1.Cl. The van der Waals surface area contributed by atoms with E-state index in [4.69, 9.17) is 5.73 Å². The summed E-state index contributed by atoms with van der Waals surface area (Å²) in [7, 11) is 0. The number of nitrogens with zero attached hydrogens (tertiary/aromatic N) is 5. The number of hydrogen-bond acceptors (Lipinski definition) is 7. The van der Waals surface area contributed by atoms with Crippen LogP contribution in [-0.2, 0) is 0 Å². The largest absolute Gasteiger partial charge is 0.435 e. The minimum Gasteiger partial charge on any atom is -0.435 e. The number of carbonyl (C=O) groups excluding carboxylic acids is 2. The van der Waals surface area contributed by atoms with Crippen molar-refractivity contribution in [3.8, 4) is 17.0 Å². The van der Waals surface area contributed by atoms with Gasteiger partial charge < -0.3 is 30.9 Å². The fourth-order valence-corrected chi connectivity index (χ4v) is 4.79. The molecule has 0 radical (unpaired) electrons. The first-order valence-electron chi connectivity index (χ1n) is 13.5. The van der Waals surface area contributed by atoms with E-state index in [1.807, 2.05) is 30.4 Å². The molecule has 14 heteroatoms. The lowest BCUT2D eigenvalue weighted by atomic mass is 10.1. The highest BCUT2D eigenvalue weighted by Gasteiger charge is 2.26. The van der Waals surface area contributed by atoms with Crippen molar-refractivity contribution in [3.05, 3.63) is 72.2 Å². The standard InChI is InChI=1S/C29H32F2N8O3.ClH/c1-18-15-21(5-8-23(18)27(40)37-11-13-38(14-12-37)29(41)35-16-19(2)32)36-25-26-34-17-24(39(26)10-9-33-25)20-3-6-22(7-4-20)42-28(30)31;/h3-10,15,17,19,28H,11-14,16,32H2,1-2H3,(H,33,36)(H,35,41);1H. The number of nitrogens with one attached hydrogen (secondary N) is 2. The van der Waals surface area contributed by atoms with E-state index < -0.39 is 6.61 Å². The Morgan fingerprint density at radius 1 is 1.05 bits per heavy atom. The van der Waals surface area contributed by atoms with Gasteiger partial charge in [0.25, 0.3) is 5.91 Å². The van der Waals surface area contributed by atoms with Crippen LogP contribution in [0.15, 0.2) is 61.1 Å². The fourth-order valence-electron chi connectivity index (χ4n) is 4.79. The van der Waals surface area contributed by atoms with Crippen LogP contribution >= 0.6 is 12.4 Å². The van der Waals surface area contributed by atoms with E-state index in [-0.39, 0.29) is 36.1 Å². The van der Waals surface area contributed by atoms with Crippen LogP contribution in [-0.4, -0.2) is 81.5 Å². The Morgan fingerprint density at radius 3 is 2.40 bits per heavy atom. The zero-order valence-electron chi connectivity index (χ0n) is 23.7. The molecule has 2 aromatic heterocycles. The number of piperazine rings is 1. The van der Waals surface area contributed by atoms with E-state index in [1.165, 1.54) is 12.1 Å². The van der Waals surface area contributed by atoms with Crippen LogP contribution in [0.1, 0.15) is 22.8 Å². The Labute approximate surface area is 253 Å². The number of amides is 3. The zero-order chi connectivity index (χ0) is 29.8. The van der Waals surface area contributed by atoms with Crippen LogP contribution in [0.3, 0.4) is 0 Å². The first-order chi connectivity index (χ1) is 20.2. The molecular formula is C29H33ClF2N8O3. The van der Waals surface area contributed by atoms with E-state index in [2.05, 4.69) is 25.3 Å². The Bertz CT molecular complexity index is 1570. The minimum absolute atomic E-state index is 0. The van der Waals surface area contributed by atoms with Crippen LogP contribution in [0.5, 0.6) is 5.75 Å². The molecule has 0 spiro atoms. The molecule has 228 valence electrons. The zero-order valence-corrected chi connectivity index (χ0v) is 24.5. The van der Waals surface area contributed by atoms with Gasteiger partial charge in [0.1, 0.15) is 5.75 Å². The van der Waals surface area contributed by atoms with E-state index in [9.17, 15) is 18.4 Å². The molecule has 3 amide bonds. The average Bonchev–Trinajstić information content (AvgIpc) is 3.41. The fraction of sp³-hybridized carbons (Fsp3) is 0.310. The number of hydrogen-bond donors (Lipinski definition) is 3. The van der Waals surface area contributed by atoms with Gasteiger partial charge in [-0.15, -0.1) is 12.4 Å². The van der Waals surface area contributed by atoms with Gasteiger partial charge >= 0.3 is 12.6 Å². The van der Waals surface area contributed by atoms with Crippen molar-refractivity contribution >= 4 is 41.5 Å². The van der Waals surface area contributed by atoms with Crippen LogP contribution in [0.2, 0.25) is 0 Å². The molecule has 1 saturated heterocycles. The maximum Gasteiger partial charge on any atom is 0.387 e. The van der Waals surface area contributed by atoms with Crippen molar-refractivity contribution < 1.29 is 23.1 Å². The highest BCUT2D eigenvalue weighted by molar-refractivity contribution is 5.96. The smallest absolute Gasteiger partial charge is 0.387 e. The number of carbonyl (C=O) groups is 2. The number of rotatable bonds is 8. The molecule has 1 aliphatic rings. The van der Waals surface area contributed by atoms with Crippen molar-refractivity contribution in [1.29, 1.82) is 0 Å². The molecular weight excluding hydrogens is 582 g/mol. The first kappa shape index (κ1) is 31.4. The second kappa shape index (κ2) is 13.7. The summed E-state index contributed by atoms with van der Waals surface area (Å²) in [6.07, 6.45) is 5.08. The summed E-state index contributed by atoms with van der Waals surface area (Å²) in [4.78, 5) is 38.0. The Kier molecular flexibility index (Phi) is 9.99. The molecule has 0 bridgehead atoms. The third kappa shape index (κ3) is 7.30. The number of aromatic nitrogens is 3. The summed E-state index contributed by atoms with van der Waals surface area (Å²) in [5, 5.41) is 6.09. The van der Waals surface area contributed by atoms with Gasteiger partial charge in [-0.25, -0.2) is 14.8 Å². The van der Waals surface area contributed by atoms with E-state index in [0.717, 1.165) is 22.5 Å². The number of aryl methyl sites for hydroxylation is 1. The highest BCUT2D eigenvalue weighted by Crippen LogP contribution is 2.28. The molecule has 3 heterocycles. The molecule has 0 saturated carbocycles. The summed E-state index contributed by atoms with van der Waals surface area (Å²) < 4.78 is 31.3. The molecule has 0 aliphatic carbocycles. The second-order valence-corrected chi connectivity index (χ2v) is 10.1. The van der Waals surface area contributed by atoms with Crippen molar-refractivity contribution in [2.45, 2.75) is 26.5 Å². The number of ether oxygens (including phenoxy) is 1. The van der Waals surface area contributed by atoms with E-state index in [1.54, 1.807) is 46.6 Å². The van der Waals surface area contributed by atoms with Gasteiger partial charge in [0.15, 0.2) is 11.5 Å². The molecule has 43 heavy (non-hydrogen) atoms. The first-order valence-corrected chi connectivity index (χ1v) is 13.5. The van der Waals surface area contributed by atoms with Crippen molar-refractivity contribution in [3.63, 3.8) is 0 Å². The summed E-state index contributed by atoms with van der Waals surface area (Å²) in [5.74, 6) is 0.502. The maximum absolute atomic E-state index is 13.3. The minimum atomic E-state index is -2.89. The molecule has 1 aliphatic heterocycles. The normalized spacial score (nSPS) is 13.9. The van der Waals surface area contributed by atoms with E-state index in [0.29, 0.717) is 49.8 Å². The molecule has 4 aromatic rings. The lowest BCUT2D eigenvalue weighted by Gasteiger charge is -2.35. The van der Waals surface area contributed by atoms with Crippen LogP contribution in [0.4, 0.5) is 25.1 Å². The summed E-state index contributed by atoms with van der Waals surface area (Å²) in [6, 6.07) is 11.5. The average molecular weight is 615 g/mol. The Morgan fingerprint density at radius 2 is 1.74 bits per heavy atom. The number of nitrogens with two attached hydrogens (primary N) is 1. The maximum atomic E-state index is 13.3. The van der Waals surface area contributed by atoms with Crippen LogP contribution in [0, 0.1) is 6.92 Å². The van der Waals surface area contributed by atoms with Gasteiger partial charge in [0, 0.05) is 68.0 Å². The number of alkyl halides is 2. The van der Waals surface area contributed by atoms with Gasteiger partial charge in [0.2, 0.25) is 0 Å². The molecule has 1 unspecified atom stereocenters. The molecule has 1 atom stereocenters. The Hall–Kier alpha value is -4.49. The summed E-state index contributed by atoms with van der Waals surface area (Å²) in [6.45, 7) is 3.00. The summed E-state index contributed by atoms with van der Waals surface area (Å²) >= 11 is 0. The van der Waals surface area contributed by atoms with Gasteiger partial charge in [-0.3, -0.25) is 9.20 Å². The molecule has 4 N–H and O–H groups in total. The quantitative estimate of drug-likeness (QED) is 0.270. The number of anilines is 2. The van der Waals surface area contributed by atoms with Gasteiger partial charge in [-0.05, 0) is 61.9 Å². The predicted molar refractivity (Wildman–Crippen MR) is 161 cm³/mol. The molecule has 1 fully saturated rings. The number of imidazole rings is 1. The second-order valence-electron chi connectivity index (χ2n) is 10.1. The molecule has 11 nitrogen and oxygen atoms in total. The van der Waals surface area contributed by atoms with Gasteiger partial charge in [-0.2, -0.15) is 8.78 Å². The van der Waals surface area contributed by atoms with Crippen molar-refractivity contribution in [2.75, 3.05) is 38.0 Å². The number of urea groups is 1. The van der Waals surface area contributed by atoms with Crippen molar-refractivity contribution in [1.82, 2.24) is 29.5 Å². The predicted octanol–water partition coefficient (Wildman–Crippen LogP) is 4.29. The van der Waals surface area contributed by atoms with E-state index >= 15 is 0 Å². The number of halogens is 3. The summed E-state index contributed by atoms with van der Waals surface area (Å²) in [5.41, 5.74) is 9.92. The molecule has 2 aromatic carbocycles. The van der Waals surface area contributed by atoms with Gasteiger partial charge in [0.05, 0.1) is 11.9 Å². The highest BCUT2D eigenvalue weighted by atomic mass is 35.5.